The minimum Gasteiger partial charge on any atom is -0.378 e. The fraction of sp³-hybridized carbons (Fsp3) is 0.524. The third kappa shape index (κ3) is 4.25. The van der Waals surface area contributed by atoms with Crippen LogP contribution in [-0.4, -0.2) is 67.4 Å². The van der Waals surface area contributed by atoms with Gasteiger partial charge < -0.3 is 19.4 Å². The number of nitriles is 1. The number of nitrogens with zero attached hydrogens (tertiary/aromatic N) is 7. The molecule has 8 heteroatoms. The Bertz CT molecular complexity index is 891. The van der Waals surface area contributed by atoms with Gasteiger partial charge >= 0.3 is 0 Å². The second-order valence-corrected chi connectivity index (χ2v) is 7.60. The second kappa shape index (κ2) is 8.62. The number of piperidine rings is 1. The summed E-state index contributed by atoms with van der Waals surface area (Å²) in [4.78, 5) is 20.6. The largest absolute Gasteiger partial charge is 0.378 e. The first-order chi connectivity index (χ1) is 14.2. The minimum atomic E-state index is 0.262. The average Bonchev–Trinajstić information content (AvgIpc) is 2.79. The van der Waals surface area contributed by atoms with Gasteiger partial charge in [0.2, 0.25) is 5.95 Å². The number of hydrogen-bond acceptors (Lipinski definition) is 8. The van der Waals surface area contributed by atoms with E-state index < -0.39 is 0 Å². The Morgan fingerprint density at radius 2 is 1.97 bits per heavy atom. The number of ether oxygens (including phenoxy) is 1. The summed E-state index contributed by atoms with van der Waals surface area (Å²) in [5.74, 6) is 2.47. The van der Waals surface area contributed by atoms with Crippen LogP contribution in [0.5, 0.6) is 0 Å². The van der Waals surface area contributed by atoms with Crippen LogP contribution in [-0.2, 0) is 4.74 Å². The molecular weight excluding hydrogens is 366 g/mol. The van der Waals surface area contributed by atoms with E-state index >= 15 is 0 Å². The predicted molar refractivity (Wildman–Crippen MR) is 112 cm³/mol. The molecule has 0 aromatic carbocycles. The van der Waals surface area contributed by atoms with Gasteiger partial charge in [-0.25, -0.2) is 9.97 Å². The van der Waals surface area contributed by atoms with Crippen molar-refractivity contribution in [1.82, 2.24) is 15.0 Å². The van der Waals surface area contributed by atoms with Crippen molar-refractivity contribution in [1.29, 1.82) is 5.26 Å². The molecule has 2 aliphatic heterocycles. The number of hydrogen-bond donors (Lipinski definition) is 0. The number of aromatic nitrogens is 3. The van der Waals surface area contributed by atoms with Crippen LogP contribution < -0.4 is 14.7 Å². The Kier molecular flexibility index (Phi) is 5.76. The van der Waals surface area contributed by atoms with Crippen molar-refractivity contribution in [2.75, 3.05) is 61.1 Å². The molecule has 0 bridgehead atoms. The number of morpholine rings is 1. The summed E-state index contributed by atoms with van der Waals surface area (Å²) in [6.07, 6.45) is 3.94. The first-order valence-corrected chi connectivity index (χ1v) is 10.2. The molecule has 0 amide bonds. The molecule has 2 fully saturated rings. The molecule has 0 aliphatic carbocycles. The highest BCUT2D eigenvalue weighted by atomic mass is 16.5. The van der Waals surface area contributed by atoms with Crippen LogP contribution in [0, 0.1) is 18.3 Å². The van der Waals surface area contributed by atoms with Crippen molar-refractivity contribution < 1.29 is 4.74 Å². The maximum Gasteiger partial charge on any atom is 0.227 e. The summed E-state index contributed by atoms with van der Waals surface area (Å²) in [6.45, 7) is 6.84. The van der Waals surface area contributed by atoms with Crippen molar-refractivity contribution in [2.45, 2.75) is 25.8 Å². The Labute approximate surface area is 171 Å². The first kappa shape index (κ1) is 19.4. The lowest BCUT2D eigenvalue weighted by Gasteiger charge is -2.38. The molecule has 0 N–H and O–H groups in total. The van der Waals surface area contributed by atoms with Gasteiger partial charge in [0, 0.05) is 51.2 Å². The molecular formula is C21H27N7O. The van der Waals surface area contributed by atoms with Crippen LogP contribution in [0.3, 0.4) is 0 Å². The number of anilines is 3. The summed E-state index contributed by atoms with van der Waals surface area (Å²) in [5.41, 5.74) is 1.56. The lowest BCUT2D eigenvalue weighted by atomic mass is 10.0. The summed E-state index contributed by atoms with van der Waals surface area (Å²) in [5, 5.41) is 9.49. The van der Waals surface area contributed by atoms with Gasteiger partial charge in [-0.15, -0.1) is 0 Å². The normalized spacial score (nSPS) is 19.7. The number of pyridine rings is 1. The second-order valence-electron chi connectivity index (χ2n) is 7.60. The summed E-state index contributed by atoms with van der Waals surface area (Å²) in [6, 6.07) is 8.26. The zero-order valence-electron chi connectivity index (χ0n) is 17.1. The van der Waals surface area contributed by atoms with E-state index in [1.807, 2.05) is 31.3 Å². The van der Waals surface area contributed by atoms with Gasteiger partial charge in [-0.2, -0.15) is 10.2 Å². The van der Waals surface area contributed by atoms with Crippen molar-refractivity contribution >= 4 is 17.6 Å². The van der Waals surface area contributed by atoms with E-state index in [1.165, 1.54) is 0 Å². The Morgan fingerprint density at radius 3 is 2.76 bits per heavy atom. The molecule has 0 saturated carbocycles. The van der Waals surface area contributed by atoms with Crippen LogP contribution in [0.4, 0.5) is 17.6 Å². The summed E-state index contributed by atoms with van der Waals surface area (Å²) < 4.78 is 5.45. The van der Waals surface area contributed by atoms with Crippen LogP contribution in [0.2, 0.25) is 0 Å². The average molecular weight is 393 g/mol. The van der Waals surface area contributed by atoms with Gasteiger partial charge in [0.05, 0.1) is 18.8 Å². The molecule has 4 rings (SSSR count). The summed E-state index contributed by atoms with van der Waals surface area (Å²) >= 11 is 0. The monoisotopic (exact) mass is 393 g/mol. The molecule has 29 heavy (non-hydrogen) atoms. The van der Waals surface area contributed by atoms with Crippen LogP contribution >= 0.6 is 0 Å². The molecule has 4 heterocycles. The molecule has 1 atom stereocenters. The van der Waals surface area contributed by atoms with E-state index in [4.69, 9.17) is 9.72 Å². The van der Waals surface area contributed by atoms with E-state index in [-0.39, 0.29) is 6.04 Å². The fourth-order valence-electron chi connectivity index (χ4n) is 3.98. The van der Waals surface area contributed by atoms with Gasteiger partial charge in [0.1, 0.15) is 17.7 Å². The third-order valence-electron chi connectivity index (χ3n) is 5.66. The van der Waals surface area contributed by atoms with Gasteiger partial charge in [-0.3, -0.25) is 0 Å². The quantitative estimate of drug-likeness (QED) is 0.780. The van der Waals surface area contributed by atoms with Crippen LogP contribution in [0.25, 0.3) is 0 Å². The van der Waals surface area contributed by atoms with E-state index in [0.29, 0.717) is 5.56 Å². The van der Waals surface area contributed by atoms with Gasteiger partial charge in [-0.1, -0.05) is 0 Å². The van der Waals surface area contributed by atoms with E-state index in [0.717, 1.165) is 75.5 Å². The molecule has 152 valence electrons. The zero-order chi connectivity index (χ0) is 20.2. The Morgan fingerprint density at radius 1 is 1.14 bits per heavy atom. The van der Waals surface area contributed by atoms with Crippen molar-refractivity contribution in [2.24, 2.45) is 0 Å². The fourth-order valence-corrected chi connectivity index (χ4v) is 3.98. The van der Waals surface area contributed by atoms with Crippen molar-refractivity contribution in [3.05, 3.63) is 35.7 Å². The van der Waals surface area contributed by atoms with Crippen molar-refractivity contribution in [3.63, 3.8) is 0 Å². The number of rotatable bonds is 4. The number of aryl methyl sites for hydroxylation is 1. The molecule has 0 spiro atoms. The topological polar surface area (TPSA) is 81.4 Å². The minimum absolute atomic E-state index is 0.262. The highest BCUT2D eigenvalue weighted by molar-refractivity contribution is 5.55. The molecule has 0 radical (unpaired) electrons. The molecule has 8 nitrogen and oxygen atoms in total. The van der Waals surface area contributed by atoms with Crippen LogP contribution in [0.1, 0.15) is 24.1 Å². The predicted octanol–water partition coefficient (Wildman–Crippen LogP) is 1.99. The zero-order valence-corrected chi connectivity index (χ0v) is 17.1. The maximum atomic E-state index is 9.49. The standard InChI is InChI=1S/C21H27N7O/c1-16-5-6-17(14-22)20(24-16)28-9-3-4-18(15-28)26(2)21-23-8-7-19(25-21)27-10-12-29-13-11-27/h5-8,18H,3-4,9-13,15H2,1-2H3. The van der Waals surface area contributed by atoms with Crippen LogP contribution in [0.15, 0.2) is 24.4 Å². The van der Waals surface area contributed by atoms with Gasteiger partial charge in [0.25, 0.3) is 0 Å². The highest BCUT2D eigenvalue weighted by Gasteiger charge is 2.27. The smallest absolute Gasteiger partial charge is 0.227 e. The molecule has 1 unspecified atom stereocenters. The van der Waals surface area contributed by atoms with E-state index in [9.17, 15) is 5.26 Å². The number of likely N-dealkylation sites (N-methyl/N-ethyl adjacent to an activating group) is 1. The van der Waals surface area contributed by atoms with E-state index in [1.54, 1.807) is 0 Å². The first-order valence-electron chi connectivity index (χ1n) is 10.2. The Hall–Kier alpha value is -2.92. The molecule has 2 aliphatic rings. The SMILES string of the molecule is Cc1ccc(C#N)c(N2CCCC(N(C)c3nccc(N4CCOCC4)n3)C2)n1. The van der Waals surface area contributed by atoms with Gasteiger partial charge in [-0.05, 0) is 38.0 Å². The van der Waals surface area contributed by atoms with Gasteiger partial charge in [0.15, 0.2) is 0 Å². The molecule has 2 saturated heterocycles. The lowest BCUT2D eigenvalue weighted by Crippen LogP contribution is -2.48. The maximum absolute atomic E-state index is 9.49. The highest BCUT2D eigenvalue weighted by Crippen LogP contribution is 2.26. The summed E-state index contributed by atoms with van der Waals surface area (Å²) in [7, 11) is 2.06. The third-order valence-corrected chi connectivity index (χ3v) is 5.66. The molecule has 2 aromatic heterocycles. The molecule has 2 aromatic rings. The van der Waals surface area contributed by atoms with Crippen molar-refractivity contribution in [3.8, 4) is 6.07 Å². The van der Waals surface area contributed by atoms with E-state index in [2.05, 4.69) is 37.8 Å². The Balaban J connectivity index is 1.51. The lowest BCUT2D eigenvalue weighted by molar-refractivity contribution is 0.122.